The van der Waals surface area contributed by atoms with Crippen molar-refractivity contribution in [2.75, 3.05) is 32.1 Å². The average molecular weight is 299 g/mol. The Morgan fingerprint density at radius 2 is 2.10 bits per heavy atom. The minimum Gasteiger partial charge on any atom is -0.354 e. The summed E-state index contributed by atoms with van der Waals surface area (Å²) in [5.74, 6) is -0.138. The van der Waals surface area contributed by atoms with Crippen LogP contribution in [0.5, 0.6) is 0 Å². The van der Waals surface area contributed by atoms with Crippen molar-refractivity contribution in [3.63, 3.8) is 0 Å². The molecule has 0 N–H and O–H groups in total. The maximum Gasteiger partial charge on any atom is 0.304 e. The second-order valence-electron chi connectivity index (χ2n) is 5.01. The molecule has 0 saturated heterocycles. The van der Waals surface area contributed by atoms with Gasteiger partial charge in [0.2, 0.25) is 0 Å². The second-order valence-corrected chi connectivity index (χ2v) is 6.04. The topological polar surface area (TPSA) is 66.7 Å². The third kappa shape index (κ3) is 3.77. The molecule has 0 aliphatic heterocycles. The van der Waals surface area contributed by atoms with Gasteiger partial charge in [0.1, 0.15) is 0 Å². The molecule has 6 nitrogen and oxygen atoms in total. The molecule has 1 aromatic heterocycles. The highest BCUT2D eigenvalue weighted by atomic mass is 32.1. The number of carbonyl (C=O) groups excluding carboxylic acids is 1. The van der Waals surface area contributed by atoms with E-state index < -0.39 is 4.92 Å². The Morgan fingerprint density at radius 1 is 1.50 bits per heavy atom. The number of likely N-dealkylation sites (N-methyl/N-ethyl adjacent to an activating group) is 2. The SMILES string of the molecule is CCN(c1sc(C(C)=O)cc1[N+](=O)[O-])C(C)CN(C)C. The van der Waals surface area contributed by atoms with Crippen molar-refractivity contribution in [3.05, 3.63) is 21.1 Å². The van der Waals surface area contributed by atoms with Gasteiger partial charge in [-0.2, -0.15) is 0 Å². The smallest absolute Gasteiger partial charge is 0.304 e. The Bertz CT molecular complexity index is 499. The van der Waals surface area contributed by atoms with Crippen LogP contribution >= 0.6 is 11.3 Å². The van der Waals surface area contributed by atoms with Gasteiger partial charge >= 0.3 is 5.69 Å². The monoisotopic (exact) mass is 299 g/mol. The van der Waals surface area contributed by atoms with E-state index in [1.54, 1.807) is 0 Å². The summed E-state index contributed by atoms with van der Waals surface area (Å²) in [6, 6.07) is 1.51. The van der Waals surface area contributed by atoms with Crippen molar-refractivity contribution >= 4 is 27.8 Å². The fraction of sp³-hybridized carbons (Fsp3) is 0.615. The molecule has 112 valence electrons. The van der Waals surface area contributed by atoms with E-state index >= 15 is 0 Å². The highest BCUT2D eigenvalue weighted by Gasteiger charge is 2.27. The number of hydrogen-bond acceptors (Lipinski definition) is 6. The largest absolute Gasteiger partial charge is 0.354 e. The second kappa shape index (κ2) is 6.81. The standard InChI is InChI=1S/C13H21N3O3S/c1-6-15(9(2)8-14(4)5)13-11(16(18)19)7-12(20-13)10(3)17/h7,9H,6,8H2,1-5H3. The van der Waals surface area contributed by atoms with Crippen molar-refractivity contribution in [3.8, 4) is 0 Å². The molecule has 0 bridgehead atoms. The highest BCUT2D eigenvalue weighted by molar-refractivity contribution is 7.18. The van der Waals surface area contributed by atoms with Gasteiger partial charge < -0.3 is 9.80 Å². The number of carbonyl (C=O) groups is 1. The van der Waals surface area contributed by atoms with Crippen LogP contribution in [0.1, 0.15) is 30.4 Å². The molecule has 1 unspecified atom stereocenters. The summed E-state index contributed by atoms with van der Waals surface area (Å²) in [4.78, 5) is 26.7. The molecule has 0 radical (unpaired) electrons. The fourth-order valence-corrected chi connectivity index (χ4v) is 3.35. The van der Waals surface area contributed by atoms with E-state index in [-0.39, 0.29) is 17.5 Å². The third-order valence-corrected chi connectivity index (χ3v) is 4.26. The molecular formula is C13H21N3O3S. The molecular weight excluding hydrogens is 278 g/mol. The average Bonchev–Trinajstić information content (AvgIpc) is 2.74. The van der Waals surface area contributed by atoms with Gasteiger partial charge in [-0.1, -0.05) is 0 Å². The van der Waals surface area contributed by atoms with Crippen LogP contribution in [0.15, 0.2) is 6.07 Å². The van der Waals surface area contributed by atoms with Crippen LogP contribution in [0, 0.1) is 10.1 Å². The van der Waals surface area contributed by atoms with Gasteiger partial charge in [0.25, 0.3) is 0 Å². The Balaban J connectivity index is 3.19. The zero-order valence-electron chi connectivity index (χ0n) is 12.5. The molecule has 0 spiro atoms. The highest BCUT2D eigenvalue weighted by Crippen LogP contribution is 2.38. The van der Waals surface area contributed by atoms with Gasteiger partial charge in [-0.3, -0.25) is 14.9 Å². The van der Waals surface area contributed by atoms with Crippen LogP contribution in [0.3, 0.4) is 0 Å². The number of ketones is 1. The lowest BCUT2D eigenvalue weighted by Crippen LogP contribution is -2.39. The molecule has 20 heavy (non-hydrogen) atoms. The molecule has 7 heteroatoms. The van der Waals surface area contributed by atoms with Crippen molar-refractivity contribution in [1.82, 2.24) is 4.90 Å². The summed E-state index contributed by atoms with van der Waals surface area (Å²) in [5.41, 5.74) is 0.0210. The molecule has 1 atom stereocenters. The summed E-state index contributed by atoms with van der Waals surface area (Å²) >= 11 is 1.20. The van der Waals surface area contributed by atoms with E-state index in [9.17, 15) is 14.9 Å². The predicted molar refractivity (Wildman–Crippen MR) is 82.0 cm³/mol. The predicted octanol–water partition coefficient (Wildman–Crippen LogP) is 2.64. The van der Waals surface area contributed by atoms with Crippen LogP contribution in [0.4, 0.5) is 10.7 Å². The third-order valence-electron chi connectivity index (χ3n) is 3.00. The molecule has 0 fully saturated rings. The summed E-state index contributed by atoms with van der Waals surface area (Å²) in [5, 5.41) is 11.8. The first-order chi connectivity index (χ1) is 9.27. The van der Waals surface area contributed by atoms with E-state index in [0.717, 1.165) is 6.54 Å². The van der Waals surface area contributed by atoms with E-state index in [2.05, 4.69) is 0 Å². The quantitative estimate of drug-likeness (QED) is 0.440. The molecule has 1 heterocycles. The normalized spacial score (nSPS) is 12.5. The molecule has 1 aromatic rings. The molecule has 0 aromatic carbocycles. The van der Waals surface area contributed by atoms with Crippen molar-refractivity contribution in [1.29, 1.82) is 0 Å². The van der Waals surface area contributed by atoms with Gasteiger partial charge in [-0.15, -0.1) is 11.3 Å². The molecule has 0 aliphatic rings. The first-order valence-electron chi connectivity index (χ1n) is 6.48. The lowest BCUT2D eigenvalue weighted by atomic mass is 10.2. The Labute approximate surface area is 123 Å². The van der Waals surface area contributed by atoms with E-state index in [1.807, 2.05) is 37.7 Å². The zero-order valence-corrected chi connectivity index (χ0v) is 13.4. The van der Waals surface area contributed by atoms with Crippen LogP contribution in [0.2, 0.25) is 0 Å². The Kier molecular flexibility index (Phi) is 5.64. The van der Waals surface area contributed by atoms with Crippen LogP contribution < -0.4 is 4.90 Å². The zero-order chi connectivity index (χ0) is 15.4. The number of nitro groups is 1. The number of rotatable bonds is 7. The molecule has 0 saturated carbocycles. The summed E-state index contributed by atoms with van der Waals surface area (Å²) in [6.07, 6.45) is 0. The summed E-state index contributed by atoms with van der Waals surface area (Å²) in [6.45, 7) is 6.87. The van der Waals surface area contributed by atoms with E-state index in [1.165, 1.54) is 24.3 Å². The molecule has 0 amide bonds. The maximum atomic E-state index is 11.5. The van der Waals surface area contributed by atoms with Gasteiger partial charge in [0.05, 0.1) is 9.80 Å². The number of nitrogens with zero attached hydrogens (tertiary/aromatic N) is 3. The van der Waals surface area contributed by atoms with Crippen LogP contribution in [-0.4, -0.2) is 48.8 Å². The number of thiophene rings is 1. The van der Waals surface area contributed by atoms with Crippen LogP contribution in [-0.2, 0) is 0 Å². The van der Waals surface area contributed by atoms with Crippen molar-refractivity contribution in [2.45, 2.75) is 26.8 Å². The van der Waals surface area contributed by atoms with Crippen molar-refractivity contribution in [2.24, 2.45) is 0 Å². The number of hydrogen-bond donors (Lipinski definition) is 0. The number of anilines is 1. The van der Waals surface area contributed by atoms with E-state index in [4.69, 9.17) is 0 Å². The fourth-order valence-electron chi connectivity index (χ4n) is 2.16. The molecule has 1 rings (SSSR count). The van der Waals surface area contributed by atoms with Gasteiger partial charge in [0.15, 0.2) is 10.8 Å². The summed E-state index contributed by atoms with van der Waals surface area (Å²) in [7, 11) is 3.93. The Morgan fingerprint density at radius 3 is 2.50 bits per heavy atom. The minimum atomic E-state index is -0.413. The Hall–Kier alpha value is -1.47. The number of Topliss-reactive ketones (excluding diaryl/α,β-unsaturated/α-hetero) is 1. The molecule has 0 aliphatic carbocycles. The summed E-state index contributed by atoms with van der Waals surface area (Å²) < 4.78 is 0. The lowest BCUT2D eigenvalue weighted by Gasteiger charge is -2.30. The first-order valence-corrected chi connectivity index (χ1v) is 7.30. The maximum absolute atomic E-state index is 11.5. The van der Waals surface area contributed by atoms with Crippen molar-refractivity contribution < 1.29 is 9.72 Å². The van der Waals surface area contributed by atoms with E-state index in [0.29, 0.717) is 16.4 Å². The van der Waals surface area contributed by atoms with Gasteiger partial charge in [-0.25, -0.2) is 0 Å². The van der Waals surface area contributed by atoms with Crippen LogP contribution in [0.25, 0.3) is 0 Å². The van der Waals surface area contributed by atoms with Gasteiger partial charge in [0, 0.05) is 25.2 Å². The minimum absolute atomic E-state index is 0.0210. The lowest BCUT2D eigenvalue weighted by molar-refractivity contribution is -0.383. The van der Waals surface area contributed by atoms with Gasteiger partial charge in [-0.05, 0) is 34.9 Å². The first kappa shape index (κ1) is 16.6.